The number of hydrogen-bond acceptors (Lipinski definition) is 3. The molecule has 0 fully saturated rings. The summed E-state index contributed by atoms with van der Waals surface area (Å²) in [6.45, 7) is 1.80. The maximum Gasteiger partial charge on any atom is 0.335 e. The van der Waals surface area contributed by atoms with Crippen LogP contribution in [0, 0.1) is 12.7 Å². The molecule has 0 radical (unpaired) electrons. The van der Waals surface area contributed by atoms with Crippen molar-refractivity contribution in [2.45, 2.75) is 6.92 Å². The second-order valence-electron chi connectivity index (χ2n) is 4.54. The number of carboxylic acid groups (broad SMARTS) is 1. The summed E-state index contributed by atoms with van der Waals surface area (Å²) in [7, 11) is 0. The first-order valence-corrected chi connectivity index (χ1v) is 6.09. The highest BCUT2D eigenvalue weighted by Gasteiger charge is 2.14. The summed E-state index contributed by atoms with van der Waals surface area (Å²) in [5.74, 6) is -2.62. The lowest BCUT2D eigenvalue weighted by Gasteiger charge is -2.09. The van der Waals surface area contributed by atoms with E-state index in [1.54, 1.807) is 25.1 Å². The van der Waals surface area contributed by atoms with Crippen molar-refractivity contribution < 1.29 is 19.1 Å². The predicted molar refractivity (Wildman–Crippen MR) is 76.9 cm³/mol. The first kappa shape index (κ1) is 14.5. The molecular weight excluding hydrogens is 275 g/mol. The second kappa shape index (κ2) is 5.62. The van der Waals surface area contributed by atoms with Crippen molar-refractivity contribution in [1.82, 2.24) is 0 Å². The molecule has 0 atom stereocenters. The standard InChI is InChI=1S/C15H13FN2O3/c1-8-2-4-12(17)10(6-8)14(19)18-13-5-3-9(15(20)21)7-11(13)16/h2-7H,17H2,1H3,(H,18,19)(H,20,21). The molecule has 0 saturated heterocycles. The highest BCUT2D eigenvalue weighted by Crippen LogP contribution is 2.19. The van der Waals surface area contributed by atoms with Crippen LogP contribution in [0.5, 0.6) is 0 Å². The summed E-state index contributed by atoms with van der Waals surface area (Å²) < 4.78 is 13.8. The largest absolute Gasteiger partial charge is 0.478 e. The smallest absolute Gasteiger partial charge is 0.335 e. The van der Waals surface area contributed by atoms with Crippen LogP contribution in [0.15, 0.2) is 36.4 Å². The van der Waals surface area contributed by atoms with Crippen molar-refractivity contribution in [2.24, 2.45) is 0 Å². The van der Waals surface area contributed by atoms with E-state index in [2.05, 4.69) is 5.32 Å². The van der Waals surface area contributed by atoms with E-state index < -0.39 is 17.7 Å². The molecule has 0 aromatic heterocycles. The third-order valence-electron chi connectivity index (χ3n) is 2.92. The number of hydrogen-bond donors (Lipinski definition) is 3. The van der Waals surface area contributed by atoms with Gasteiger partial charge in [-0.15, -0.1) is 0 Å². The molecule has 0 aliphatic rings. The van der Waals surface area contributed by atoms with Crippen molar-refractivity contribution in [2.75, 3.05) is 11.1 Å². The van der Waals surface area contributed by atoms with E-state index in [1.807, 2.05) is 0 Å². The molecule has 2 aromatic carbocycles. The number of carbonyl (C=O) groups is 2. The summed E-state index contributed by atoms with van der Waals surface area (Å²) in [5, 5.41) is 11.1. The Morgan fingerprint density at radius 2 is 1.90 bits per heavy atom. The molecule has 4 N–H and O–H groups in total. The minimum atomic E-state index is -1.24. The molecular formula is C15H13FN2O3. The molecule has 6 heteroatoms. The monoisotopic (exact) mass is 288 g/mol. The normalized spacial score (nSPS) is 10.2. The van der Waals surface area contributed by atoms with E-state index in [1.165, 1.54) is 12.1 Å². The molecule has 0 bridgehead atoms. The van der Waals surface area contributed by atoms with Crippen LogP contribution in [0.1, 0.15) is 26.3 Å². The van der Waals surface area contributed by atoms with Gasteiger partial charge in [0.1, 0.15) is 5.82 Å². The van der Waals surface area contributed by atoms with Crippen LogP contribution in [0.25, 0.3) is 0 Å². The summed E-state index contributed by atoms with van der Waals surface area (Å²) in [6, 6.07) is 8.19. The van der Waals surface area contributed by atoms with Crippen LogP contribution < -0.4 is 11.1 Å². The number of aromatic carboxylic acids is 1. The number of amides is 1. The van der Waals surface area contributed by atoms with Gasteiger partial charge in [-0.2, -0.15) is 0 Å². The van der Waals surface area contributed by atoms with Gasteiger partial charge in [0.25, 0.3) is 5.91 Å². The number of nitrogen functional groups attached to an aromatic ring is 1. The molecule has 0 spiro atoms. The Hall–Kier alpha value is -2.89. The van der Waals surface area contributed by atoms with E-state index in [9.17, 15) is 14.0 Å². The average molecular weight is 288 g/mol. The van der Waals surface area contributed by atoms with Gasteiger partial charge < -0.3 is 16.2 Å². The fourth-order valence-corrected chi connectivity index (χ4v) is 1.81. The maximum atomic E-state index is 13.8. The van der Waals surface area contributed by atoms with Gasteiger partial charge in [0.05, 0.1) is 16.8 Å². The van der Waals surface area contributed by atoms with Crippen LogP contribution in [-0.2, 0) is 0 Å². The SMILES string of the molecule is Cc1ccc(N)c(C(=O)Nc2ccc(C(=O)O)cc2F)c1. The van der Waals surface area contributed by atoms with Gasteiger partial charge in [-0.05, 0) is 37.3 Å². The van der Waals surface area contributed by atoms with E-state index in [0.29, 0.717) is 0 Å². The lowest BCUT2D eigenvalue weighted by Crippen LogP contribution is -2.15. The van der Waals surface area contributed by atoms with Gasteiger partial charge in [0.2, 0.25) is 0 Å². The van der Waals surface area contributed by atoms with Crippen molar-refractivity contribution in [3.63, 3.8) is 0 Å². The fourth-order valence-electron chi connectivity index (χ4n) is 1.81. The molecule has 5 nitrogen and oxygen atoms in total. The van der Waals surface area contributed by atoms with Crippen LogP contribution in [0.4, 0.5) is 15.8 Å². The zero-order valence-electron chi connectivity index (χ0n) is 11.2. The van der Waals surface area contributed by atoms with Crippen LogP contribution in [0.2, 0.25) is 0 Å². The number of aryl methyl sites for hydroxylation is 1. The van der Waals surface area contributed by atoms with Crippen LogP contribution in [-0.4, -0.2) is 17.0 Å². The van der Waals surface area contributed by atoms with Gasteiger partial charge in [0, 0.05) is 5.69 Å². The number of carboxylic acids is 1. The number of rotatable bonds is 3. The van der Waals surface area contributed by atoms with Gasteiger partial charge in [-0.1, -0.05) is 11.6 Å². The zero-order chi connectivity index (χ0) is 15.6. The van der Waals surface area contributed by atoms with Crippen LogP contribution in [0.3, 0.4) is 0 Å². The highest BCUT2D eigenvalue weighted by atomic mass is 19.1. The Morgan fingerprint density at radius 1 is 1.19 bits per heavy atom. The topological polar surface area (TPSA) is 92.4 Å². The maximum absolute atomic E-state index is 13.8. The number of nitrogens with one attached hydrogen (secondary N) is 1. The number of halogens is 1. The molecule has 0 aliphatic heterocycles. The van der Waals surface area contributed by atoms with E-state index in [0.717, 1.165) is 11.6 Å². The predicted octanol–water partition coefficient (Wildman–Crippen LogP) is 2.67. The number of benzene rings is 2. The van der Waals surface area contributed by atoms with E-state index >= 15 is 0 Å². The van der Waals surface area contributed by atoms with Gasteiger partial charge in [-0.25, -0.2) is 9.18 Å². The molecule has 0 unspecified atom stereocenters. The summed E-state index contributed by atoms with van der Waals surface area (Å²) in [6.07, 6.45) is 0. The first-order valence-electron chi connectivity index (χ1n) is 6.09. The molecule has 2 rings (SSSR count). The van der Waals surface area contributed by atoms with Crippen molar-refractivity contribution in [1.29, 1.82) is 0 Å². The lowest BCUT2D eigenvalue weighted by molar-refractivity contribution is 0.0696. The molecule has 2 aromatic rings. The second-order valence-corrected chi connectivity index (χ2v) is 4.54. The van der Waals surface area contributed by atoms with Crippen molar-refractivity contribution >= 4 is 23.3 Å². The molecule has 0 aliphatic carbocycles. The van der Waals surface area contributed by atoms with Crippen molar-refractivity contribution in [3.05, 3.63) is 58.9 Å². The Kier molecular flexibility index (Phi) is 3.89. The minimum absolute atomic E-state index is 0.106. The van der Waals surface area contributed by atoms with Gasteiger partial charge >= 0.3 is 5.97 Å². The Morgan fingerprint density at radius 3 is 2.52 bits per heavy atom. The number of nitrogens with two attached hydrogens (primary N) is 1. The highest BCUT2D eigenvalue weighted by molar-refractivity contribution is 6.08. The van der Waals surface area contributed by atoms with E-state index in [4.69, 9.17) is 10.8 Å². The van der Waals surface area contributed by atoms with Gasteiger partial charge in [-0.3, -0.25) is 4.79 Å². The fraction of sp³-hybridized carbons (Fsp3) is 0.0667. The molecule has 0 saturated carbocycles. The number of carbonyl (C=O) groups excluding carboxylic acids is 1. The Bertz CT molecular complexity index is 729. The summed E-state index contributed by atoms with van der Waals surface area (Å²) >= 11 is 0. The quantitative estimate of drug-likeness (QED) is 0.757. The van der Waals surface area contributed by atoms with Crippen molar-refractivity contribution in [3.8, 4) is 0 Å². The Balaban J connectivity index is 2.27. The molecule has 21 heavy (non-hydrogen) atoms. The average Bonchev–Trinajstić information content (AvgIpc) is 2.43. The minimum Gasteiger partial charge on any atom is -0.478 e. The Labute approximate surface area is 120 Å². The summed E-state index contributed by atoms with van der Waals surface area (Å²) in [5.41, 5.74) is 6.77. The number of anilines is 2. The van der Waals surface area contributed by atoms with Gasteiger partial charge in [0.15, 0.2) is 0 Å². The molecule has 0 heterocycles. The van der Waals surface area contributed by atoms with E-state index in [-0.39, 0.29) is 22.5 Å². The first-order chi connectivity index (χ1) is 9.88. The third kappa shape index (κ3) is 3.17. The molecule has 108 valence electrons. The molecule has 1 amide bonds. The van der Waals surface area contributed by atoms with Crippen LogP contribution >= 0.6 is 0 Å². The lowest BCUT2D eigenvalue weighted by atomic mass is 10.1. The zero-order valence-corrected chi connectivity index (χ0v) is 11.2. The third-order valence-corrected chi connectivity index (χ3v) is 2.92. The summed E-state index contributed by atoms with van der Waals surface area (Å²) in [4.78, 5) is 22.8.